The first-order chi connectivity index (χ1) is 14.1. The number of piperazine rings is 1. The Kier molecular flexibility index (Phi) is 5.95. The molecule has 3 heterocycles. The summed E-state index contributed by atoms with van der Waals surface area (Å²) in [5.74, 6) is 0.325. The van der Waals surface area contributed by atoms with Crippen molar-refractivity contribution in [3.05, 3.63) is 30.0 Å². The Balaban J connectivity index is 1.30. The number of hydrogen-bond donors (Lipinski definition) is 1. The molecule has 0 radical (unpaired) electrons. The summed E-state index contributed by atoms with van der Waals surface area (Å²) in [5.41, 5.74) is 1.37. The second-order valence-electron chi connectivity index (χ2n) is 6.48. The van der Waals surface area contributed by atoms with Gasteiger partial charge in [0.25, 0.3) is 0 Å². The summed E-state index contributed by atoms with van der Waals surface area (Å²) in [6, 6.07) is 7.56. The lowest BCUT2D eigenvalue weighted by molar-refractivity contribution is -0.130. The van der Waals surface area contributed by atoms with Crippen molar-refractivity contribution in [1.82, 2.24) is 25.6 Å². The predicted octanol–water partition coefficient (Wildman–Crippen LogP) is 1.41. The largest absolute Gasteiger partial charge is 0.358 e. The second-order valence-corrected chi connectivity index (χ2v) is 8.66. The number of nitrogens with zero attached hydrogens (tertiary/aromatic N) is 5. The van der Waals surface area contributed by atoms with Crippen LogP contribution in [0.15, 0.2) is 33.1 Å². The molecule has 9 nitrogen and oxygen atoms in total. The smallest absolute Gasteiger partial charge is 0.230 e. The fourth-order valence-electron chi connectivity index (χ4n) is 3.06. The SMILES string of the molecule is CNC(=O)CSc1nnc(N2CCN(C(=O)Cc3noc4ccccc34)CC2)s1. The molecule has 29 heavy (non-hydrogen) atoms. The lowest BCUT2D eigenvalue weighted by Crippen LogP contribution is -2.49. The van der Waals surface area contributed by atoms with Crippen LogP contribution in [-0.4, -0.2) is 71.0 Å². The van der Waals surface area contributed by atoms with Crippen LogP contribution in [0.2, 0.25) is 0 Å². The summed E-state index contributed by atoms with van der Waals surface area (Å²) in [4.78, 5) is 28.0. The standard InChI is InChI=1S/C18H20N6O3S2/c1-19-15(25)11-28-18-21-20-17(29-18)24-8-6-23(7-9-24)16(26)10-13-12-4-2-3-5-14(12)27-22-13/h2-5H,6-11H2,1H3,(H,19,25). The Morgan fingerprint density at radius 3 is 2.79 bits per heavy atom. The third-order valence-electron chi connectivity index (χ3n) is 4.68. The fourth-order valence-corrected chi connectivity index (χ4v) is 4.82. The molecule has 1 saturated heterocycles. The highest BCUT2D eigenvalue weighted by Crippen LogP contribution is 2.28. The van der Waals surface area contributed by atoms with Crippen LogP contribution >= 0.6 is 23.1 Å². The molecule has 4 rings (SSSR count). The average molecular weight is 433 g/mol. The Bertz CT molecular complexity index is 1010. The summed E-state index contributed by atoms with van der Waals surface area (Å²) in [6.45, 7) is 2.63. The zero-order valence-corrected chi connectivity index (χ0v) is 17.5. The van der Waals surface area contributed by atoms with E-state index >= 15 is 0 Å². The molecule has 11 heteroatoms. The van der Waals surface area contributed by atoms with Crippen LogP contribution in [0, 0.1) is 0 Å². The van der Waals surface area contributed by atoms with Crippen LogP contribution < -0.4 is 10.2 Å². The van der Waals surface area contributed by atoms with E-state index in [0.717, 1.165) is 14.9 Å². The van der Waals surface area contributed by atoms with E-state index in [4.69, 9.17) is 4.52 Å². The van der Waals surface area contributed by atoms with Crippen molar-refractivity contribution in [3.8, 4) is 0 Å². The summed E-state index contributed by atoms with van der Waals surface area (Å²) < 4.78 is 6.05. The first-order valence-corrected chi connectivity index (χ1v) is 11.0. The number of benzene rings is 1. The van der Waals surface area contributed by atoms with Crippen molar-refractivity contribution in [3.63, 3.8) is 0 Å². The van der Waals surface area contributed by atoms with Crippen LogP contribution in [0.3, 0.4) is 0 Å². The van der Waals surface area contributed by atoms with Gasteiger partial charge in [0, 0.05) is 38.6 Å². The third kappa shape index (κ3) is 4.51. The van der Waals surface area contributed by atoms with E-state index in [9.17, 15) is 9.59 Å². The number of carbonyl (C=O) groups is 2. The molecule has 0 unspecified atom stereocenters. The molecule has 3 aromatic rings. The molecule has 0 bridgehead atoms. The van der Waals surface area contributed by atoms with Crippen molar-refractivity contribution < 1.29 is 14.1 Å². The minimum absolute atomic E-state index is 0.0428. The normalized spacial score (nSPS) is 14.4. The molecular weight excluding hydrogens is 412 g/mol. The number of aromatic nitrogens is 3. The first kappa shape index (κ1) is 19.6. The van der Waals surface area contributed by atoms with Gasteiger partial charge < -0.3 is 19.6 Å². The molecule has 1 aliphatic heterocycles. The van der Waals surface area contributed by atoms with Gasteiger partial charge in [-0.05, 0) is 12.1 Å². The van der Waals surface area contributed by atoms with Crippen LogP contribution in [0.1, 0.15) is 5.69 Å². The van der Waals surface area contributed by atoms with E-state index in [0.29, 0.717) is 43.2 Å². The second kappa shape index (κ2) is 8.78. The highest BCUT2D eigenvalue weighted by atomic mass is 32.2. The van der Waals surface area contributed by atoms with Crippen molar-refractivity contribution >= 4 is 51.0 Å². The van der Waals surface area contributed by atoms with Gasteiger partial charge in [0.05, 0.1) is 12.2 Å². The number of anilines is 1. The van der Waals surface area contributed by atoms with E-state index in [2.05, 4.69) is 25.6 Å². The maximum atomic E-state index is 12.7. The molecule has 2 amide bonds. The van der Waals surface area contributed by atoms with Gasteiger partial charge in [0.1, 0.15) is 5.69 Å². The van der Waals surface area contributed by atoms with E-state index in [1.807, 2.05) is 29.2 Å². The molecule has 152 valence electrons. The van der Waals surface area contributed by atoms with Crippen molar-refractivity contribution in [2.75, 3.05) is 43.9 Å². The third-order valence-corrected chi connectivity index (χ3v) is 6.79. The molecule has 2 aromatic heterocycles. The summed E-state index contributed by atoms with van der Waals surface area (Å²) in [7, 11) is 1.61. The first-order valence-electron chi connectivity index (χ1n) is 9.17. The van der Waals surface area contributed by atoms with Gasteiger partial charge in [0.15, 0.2) is 9.92 Å². The molecule has 1 fully saturated rings. The molecule has 1 aromatic carbocycles. The Morgan fingerprint density at radius 2 is 2.00 bits per heavy atom. The summed E-state index contributed by atoms with van der Waals surface area (Å²) >= 11 is 2.84. The minimum Gasteiger partial charge on any atom is -0.358 e. The van der Waals surface area contributed by atoms with Crippen LogP contribution in [0.4, 0.5) is 5.13 Å². The van der Waals surface area contributed by atoms with Gasteiger partial charge >= 0.3 is 0 Å². The highest BCUT2D eigenvalue weighted by molar-refractivity contribution is 8.01. The number of fused-ring (bicyclic) bond motifs is 1. The maximum absolute atomic E-state index is 12.7. The average Bonchev–Trinajstić information content (AvgIpc) is 3.40. The number of rotatable bonds is 6. The monoisotopic (exact) mass is 432 g/mol. The van der Waals surface area contributed by atoms with Gasteiger partial charge in [-0.3, -0.25) is 9.59 Å². The minimum atomic E-state index is -0.0428. The van der Waals surface area contributed by atoms with Gasteiger partial charge in [-0.15, -0.1) is 10.2 Å². The van der Waals surface area contributed by atoms with Gasteiger partial charge in [-0.25, -0.2) is 0 Å². The van der Waals surface area contributed by atoms with Crippen LogP contribution in [0.25, 0.3) is 11.0 Å². The lowest BCUT2D eigenvalue weighted by atomic mass is 10.1. The topological polar surface area (TPSA) is 104 Å². The molecule has 0 spiro atoms. The van der Waals surface area contributed by atoms with Gasteiger partial charge in [-0.2, -0.15) is 0 Å². The van der Waals surface area contributed by atoms with E-state index in [1.165, 1.54) is 23.1 Å². The maximum Gasteiger partial charge on any atom is 0.230 e. The number of amides is 2. The number of hydrogen-bond acceptors (Lipinski definition) is 9. The van der Waals surface area contributed by atoms with E-state index in [1.54, 1.807) is 7.05 Å². The van der Waals surface area contributed by atoms with Crippen LogP contribution in [-0.2, 0) is 16.0 Å². The molecule has 1 aliphatic rings. The van der Waals surface area contributed by atoms with Crippen molar-refractivity contribution in [2.24, 2.45) is 0 Å². The number of nitrogens with one attached hydrogen (secondary N) is 1. The predicted molar refractivity (Wildman–Crippen MR) is 111 cm³/mol. The number of para-hydroxylation sites is 1. The number of thioether (sulfide) groups is 1. The van der Waals surface area contributed by atoms with Gasteiger partial charge in [0.2, 0.25) is 16.9 Å². The highest BCUT2D eigenvalue weighted by Gasteiger charge is 2.24. The molecule has 1 N–H and O–H groups in total. The Hall–Kier alpha value is -2.66. The van der Waals surface area contributed by atoms with E-state index in [-0.39, 0.29) is 18.2 Å². The quantitative estimate of drug-likeness (QED) is 0.583. The molecular formula is C18H20N6O3S2. The van der Waals surface area contributed by atoms with Crippen molar-refractivity contribution in [2.45, 2.75) is 10.8 Å². The zero-order valence-electron chi connectivity index (χ0n) is 15.8. The van der Waals surface area contributed by atoms with Crippen LogP contribution in [0.5, 0.6) is 0 Å². The Labute approximate surface area is 175 Å². The molecule has 0 aliphatic carbocycles. The fraction of sp³-hybridized carbons (Fsp3) is 0.389. The zero-order chi connectivity index (χ0) is 20.2. The summed E-state index contributed by atoms with van der Waals surface area (Å²) in [5, 5.41) is 16.7. The molecule has 0 saturated carbocycles. The molecule has 0 atom stereocenters. The van der Waals surface area contributed by atoms with Crippen molar-refractivity contribution in [1.29, 1.82) is 0 Å². The lowest BCUT2D eigenvalue weighted by Gasteiger charge is -2.34. The van der Waals surface area contributed by atoms with Gasteiger partial charge in [-0.1, -0.05) is 40.4 Å². The Morgan fingerprint density at radius 1 is 1.21 bits per heavy atom. The summed E-state index contributed by atoms with van der Waals surface area (Å²) in [6.07, 6.45) is 0.232. The number of carbonyl (C=O) groups excluding carboxylic acids is 2. The van der Waals surface area contributed by atoms with E-state index < -0.39 is 0 Å².